The number of hydrogen-bond donors (Lipinski definition) is 1. The highest BCUT2D eigenvalue weighted by atomic mass is 16.5. The van der Waals surface area contributed by atoms with E-state index in [2.05, 4.69) is 15.4 Å². The Morgan fingerprint density at radius 1 is 1.21 bits per heavy atom. The van der Waals surface area contributed by atoms with E-state index in [0.29, 0.717) is 18.1 Å². The number of carbonyl (C=O) groups is 1. The first-order valence-electron chi connectivity index (χ1n) is 7.55. The van der Waals surface area contributed by atoms with Crippen molar-refractivity contribution in [1.82, 2.24) is 14.6 Å². The molecule has 3 rings (SSSR count). The number of rotatable bonds is 5. The van der Waals surface area contributed by atoms with Crippen molar-refractivity contribution in [1.29, 1.82) is 0 Å². The van der Waals surface area contributed by atoms with Gasteiger partial charge >= 0.3 is 0 Å². The van der Waals surface area contributed by atoms with Gasteiger partial charge in [-0.3, -0.25) is 10.1 Å². The topological polar surface area (TPSA) is 71.8 Å². The first kappa shape index (κ1) is 15.8. The normalized spacial score (nSPS) is 10.6. The fraction of sp³-hybridized carbons (Fsp3) is 0.235. The molecule has 7 heteroatoms. The minimum absolute atomic E-state index is 0.214. The number of pyridine rings is 1. The second-order valence-corrected chi connectivity index (χ2v) is 5.60. The molecule has 0 aliphatic rings. The molecule has 0 unspecified atom stereocenters. The molecule has 1 N–H and O–H groups in total. The average molecular weight is 325 g/mol. The van der Waals surface area contributed by atoms with Gasteiger partial charge in [-0.15, -0.1) is 5.10 Å². The third-order valence-electron chi connectivity index (χ3n) is 3.45. The first-order valence-corrected chi connectivity index (χ1v) is 7.55. The Kier molecular flexibility index (Phi) is 4.33. The summed E-state index contributed by atoms with van der Waals surface area (Å²) >= 11 is 0. The zero-order valence-corrected chi connectivity index (χ0v) is 13.9. The highest BCUT2D eigenvalue weighted by Crippen LogP contribution is 2.18. The van der Waals surface area contributed by atoms with Crippen LogP contribution in [0.3, 0.4) is 0 Å². The third kappa shape index (κ3) is 3.45. The molecule has 0 aliphatic carbocycles. The SMILES string of the molecule is CC(=O)Nc1nc2cccc(OCc3ccc(N(C)C)cc3)n2n1. The van der Waals surface area contributed by atoms with E-state index in [4.69, 9.17) is 4.74 Å². The van der Waals surface area contributed by atoms with Crippen molar-refractivity contribution in [2.45, 2.75) is 13.5 Å². The van der Waals surface area contributed by atoms with Crippen LogP contribution in [0.2, 0.25) is 0 Å². The highest BCUT2D eigenvalue weighted by molar-refractivity contribution is 5.86. The minimum atomic E-state index is -0.214. The van der Waals surface area contributed by atoms with Crippen LogP contribution in [0.25, 0.3) is 5.65 Å². The Balaban J connectivity index is 1.77. The predicted octanol–water partition coefficient (Wildman–Crippen LogP) is 2.33. The molecule has 0 saturated carbocycles. The molecular weight excluding hydrogens is 306 g/mol. The summed E-state index contributed by atoms with van der Waals surface area (Å²) in [5.74, 6) is 0.608. The second kappa shape index (κ2) is 6.57. The standard InChI is InChI=1S/C17H19N5O2/c1-12(23)18-17-19-15-5-4-6-16(22(15)20-17)24-11-13-7-9-14(10-8-13)21(2)3/h4-10H,11H2,1-3H3,(H,18,20,23). The summed E-state index contributed by atoms with van der Waals surface area (Å²) in [7, 11) is 4.01. The van der Waals surface area contributed by atoms with Crippen LogP contribution in [-0.4, -0.2) is 34.6 Å². The Labute approximate surface area is 139 Å². The lowest BCUT2D eigenvalue weighted by Crippen LogP contribution is -2.08. The van der Waals surface area contributed by atoms with Crippen LogP contribution in [0.4, 0.5) is 11.6 Å². The molecule has 2 heterocycles. The van der Waals surface area contributed by atoms with Crippen LogP contribution in [0.1, 0.15) is 12.5 Å². The summed E-state index contributed by atoms with van der Waals surface area (Å²) in [6.07, 6.45) is 0. The summed E-state index contributed by atoms with van der Waals surface area (Å²) in [5.41, 5.74) is 2.80. The average Bonchev–Trinajstić information content (AvgIpc) is 2.95. The van der Waals surface area contributed by atoms with E-state index in [0.717, 1.165) is 11.3 Å². The van der Waals surface area contributed by atoms with Gasteiger partial charge in [-0.25, -0.2) is 0 Å². The molecule has 0 spiro atoms. The third-order valence-corrected chi connectivity index (χ3v) is 3.45. The van der Waals surface area contributed by atoms with Crippen molar-refractivity contribution in [2.75, 3.05) is 24.3 Å². The Morgan fingerprint density at radius 2 is 1.96 bits per heavy atom. The van der Waals surface area contributed by atoms with E-state index in [-0.39, 0.29) is 11.9 Å². The Bertz CT molecular complexity index is 855. The molecule has 2 aromatic heterocycles. The van der Waals surface area contributed by atoms with Crippen molar-refractivity contribution < 1.29 is 9.53 Å². The smallest absolute Gasteiger partial charge is 0.249 e. The van der Waals surface area contributed by atoms with Gasteiger partial charge in [0.1, 0.15) is 6.61 Å². The molecule has 0 aliphatic heterocycles. The van der Waals surface area contributed by atoms with Crippen molar-refractivity contribution in [3.8, 4) is 5.88 Å². The number of benzene rings is 1. The highest BCUT2D eigenvalue weighted by Gasteiger charge is 2.09. The molecule has 1 aromatic carbocycles. The van der Waals surface area contributed by atoms with Crippen molar-refractivity contribution in [3.05, 3.63) is 48.0 Å². The maximum absolute atomic E-state index is 11.1. The van der Waals surface area contributed by atoms with Gasteiger partial charge in [0.05, 0.1) is 0 Å². The summed E-state index contributed by atoms with van der Waals surface area (Å²) in [6, 6.07) is 13.6. The number of fused-ring (bicyclic) bond motifs is 1. The predicted molar refractivity (Wildman–Crippen MR) is 92.4 cm³/mol. The van der Waals surface area contributed by atoms with Gasteiger partial charge in [0, 0.05) is 32.8 Å². The number of nitrogens with zero attached hydrogens (tertiary/aromatic N) is 4. The number of aromatic nitrogens is 3. The fourth-order valence-corrected chi connectivity index (χ4v) is 2.25. The van der Waals surface area contributed by atoms with Gasteiger partial charge < -0.3 is 9.64 Å². The summed E-state index contributed by atoms with van der Waals surface area (Å²) in [5, 5.41) is 6.81. The molecule has 124 valence electrons. The van der Waals surface area contributed by atoms with Gasteiger partial charge in [0.25, 0.3) is 0 Å². The molecule has 0 radical (unpaired) electrons. The van der Waals surface area contributed by atoms with E-state index in [1.807, 2.05) is 55.4 Å². The van der Waals surface area contributed by atoms with Crippen LogP contribution < -0.4 is 15.0 Å². The number of anilines is 2. The molecule has 0 bridgehead atoms. The van der Waals surface area contributed by atoms with Crippen LogP contribution >= 0.6 is 0 Å². The molecule has 0 atom stereocenters. The molecule has 1 amide bonds. The van der Waals surface area contributed by atoms with Crippen molar-refractivity contribution in [2.24, 2.45) is 0 Å². The number of amides is 1. The van der Waals surface area contributed by atoms with Crippen LogP contribution in [0.5, 0.6) is 5.88 Å². The van der Waals surface area contributed by atoms with Crippen molar-refractivity contribution in [3.63, 3.8) is 0 Å². The van der Waals surface area contributed by atoms with Crippen LogP contribution in [0, 0.1) is 0 Å². The zero-order valence-electron chi connectivity index (χ0n) is 13.9. The van der Waals surface area contributed by atoms with E-state index in [1.54, 1.807) is 10.6 Å². The van der Waals surface area contributed by atoms with Crippen LogP contribution in [0.15, 0.2) is 42.5 Å². The monoisotopic (exact) mass is 325 g/mol. The maximum atomic E-state index is 11.1. The zero-order chi connectivity index (χ0) is 17.1. The molecule has 0 saturated heterocycles. The Morgan fingerprint density at radius 3 is 2.62 bits per heavy atom. The minimum Gasteiger partial charge on any atom is -0.473 e. The van der Waals surface area contributed by atoms with Crippen LogP contribution in [-0.2, 0) is 11.4 Å². The molecule has 3 aromatic rings. The number of ether oxygens (including phenoxy) is 1. The van der Waals surface area contributed by atoms with Gasteiger partial charge in [0.2, 0.25) is 17.7 Å². The van der Waals surface area contributed by atoms with Gasteiger partial charge in [-0.05, 0) is 23.8 Å². The molecule has 0 fully saturated rings. The second-order valence-electron chi connectivity index (χ2n) is 5.60. The lowest BCUT2D eigenvalue weighted by atomic mass is 10.2. The first-order chi connectivity index (χ1) is 11.5. The maximum Gasteiger partial charge on any atom is 0.249 e. The fourth-order valence-electron chi connectivity index (χ4n) is 2.25. The largest absolute Gasteiger partial charge is 0.473 e. The Hall–Kier alpha value is -3.09. The number of hydrogen-bond acceptors (Lipinski definition) is 5. The molecular formula is C17H19N5O2. The summed E-state index contributed by atoms with van der Waals surface area (Å²) < 4.78 is 7.43. The number of carbonyl (C=O) groups excluding carboxylic acids is 1. The molecule has 24 heavy (non-hydrogen) atoms. The van der Waals surface area contributed by atoms with Crippen molar-refractivity contribution >= 4 is 23.2 Å². The van der Waals surface area contributed by atoms with Gasteiger partial charge in [0.15, 0.2) is 5.65 Å². The van der Waals surface area contributed by atoms with Gasteiger partial charge in [-0.1, -0.05) is 18.2 Å². The van der Waals surface area contributed by atoms with Gasteiger partial charge in [-0.2, -0.15) is 9.50 Å². The molecule has 7 nitrogen and oxygen atoms in total. The van der Waals surface area contributed by atoms with E-state index in [9.17, 15) is 4.79 Å². The van der Waals surface area contributed by atoms with E-state index < -0.39 is 0 Å². The summed E-state index contributed by atoms with van der Waals surface area (Å²) in [6.45, 7) is 1.84. The lowest BCUT2D eigenvalue weighted by Gasteiger charge is -2.13. The lowest BCUT2D eigenvalue weighted by molar-refractivity contribution is -0.114. The quantitative estimate of drug-likeness (QED) is 0.779. The number of nitrogens with one attached hydrogen (secondary N) is 1. The van der Waals surface area contributed by atoms with E-state index in [1.165, 1.54) is 6.92 Å². The van der Waals surface area contributed by atoms with E-state index >= 15 is 0 Å². The summed E-state index contributed by atoms with van der Waals surface area (Å²) in [4.78, 5) is 17.4.